The molecule has 2 aromatic rings. The van der Waals surface area contributed by atoms with E-state index < -0.39 is 11.9 Å². The summed E-state index contributed by atoms with van der Waals surface area (Å²) in [7, 11) is 0. The monoisotopic (exact) mass is 285 g/mol. The third-order valence-electron chi connectivity index (χ3n) is 2.72. The van der Waals surface area contributed by atoms with Crippen molar-refractivity contribution in [2.24, 2.45) is 0 Å². The zero-order valence-electron chi connectivity index (χ0n) is 11.1. The van der Waals surface area contributed by atoms with Crippen molar-refractivity contribution in [1.82, 2.24) is 19.7 Å². The van der Waals surface area contributed by atoms with Crippen molar-refractivity contribution in [3.8, 4) is 5.82 Å². The Hall–Kier alpha value is -2.12. The van der Waals surface area contributed by atoms with Gasteiger partial charge in [0.1, 0.15) is 12.1 Å². The SMILES string of the molecule is CCNc1ncnc(-n2ccc(C(F)(F)F)n2)c1CC. The molecule has 0 aliphatic heterocycles. The number of rotatable bonds is 4. The van der Waals surface area contributed by atoms with Crippen LogP contribution < -0.4 is 5.32 Å². The van der Waals surface area contributed by atoms with Gasteiger partial charge in [-0.3, -0.25) is 0 Å². The summed E-state index contributed by atoms with van der Waals surface area (Å²) in [5.74, 6) is 0.970. The molecule has 0 spiro atoms. The van der Waals surface area contributed by atoms with Gasteiger partial charge in [-0.15, -0.1) is 0 Å². The highest BCUT2D eigenvalue weighted by Gasteiger charge is 2.33. The number of anilines is 1. The molecule has 2 heterocycles. The number of alkyl halides is 3. The van der Waals surface area contributed by atoms with Gasteiger partial charge >= 0.3 is 6.18 Å². The van der Waals surface area contributed by atoms with Crippen molar-refractivity contribution in [3.63, 3.8) is 0 Å². The highest BCUT2D eigenvalue weighted by atomic mass is 19.4. The Morgan fingerprint density at radius 2 is 2.00 bits per heavy atom. The van der Waals surface area contributed by atoms with Crippen LogP contribution in [0, 0.1) is 0 Å². The minimum Gasteiger partial charge on any atom is -0.370 e. The fourth-order valence-corrected chi connectivity index (χ4v) is 1.84. The molecule has 0 unspecified atom stereocenters. The summed E-state index contributed by atoms with van der Waals surface area (Å²) in [6.45, 7) is 4.46. The second-order valence-corrected chi connectivity index (χ2v) is 4.05. The van der Waals surface area contributed by atoms with E-state index in [2.05, 4.69) is 20.4 Å². The van der Waals surface area contributed by atoms with E-state index in [0.717, 1.165) is 16.3 Å². The lowest BCUT2D eigenvalue weighted by atomic mass is 10.2. The number of nitrogens with one attached hydrogen (secondary N) is 1. The Morgan fingerprint density at radius 3 is 2.55 bits per heavy atom. The quantitative estimate of drug-likeness (QED) is 0.938. The summed E-state index contributed by atoms with van der Waals surface area (Å²) in [6, 6.07) is 0.925. The first-order valence-corrected chi connectivity index (χ1v) is 6.18. The van der Waals surface area contributed by atoms with Crippen LogP contribution in [0.25, 0.3) is 5.82 Å². The molecule has 0 aliphatic carbocycles. The summed E-state index contributed by atoms with van der Waals surface area (Å²) in [5.41, 5.74) is -0.214. The average Bonchev–Trinajstić information content (AvgIpc) is 2.88. The first kappa shape index (κ1) is 14.3. The molecule has 108 valence electrons. The zero-order chi connectivity index (χ0) is 14.8. The highest BCUT2D eigenvalue weighted by Crippen LogP contribution is 2.28. The van der Waals surface area contributed by atoms with E-state index in [4.69, 9.17) is 0 Å². The first-order valence-electron chi connectivity index (χ1n) is 6.18. The van der Waals surface area contributed by atoms with Crippen LogP contribution in [0.3, 0.4) is 0 Å². The van der Waals surface area contributed by atoms with E-state index in [0.29, 0.717) is 24.6 Å². The lowest BCUT2D eigenvalue weighted by Gasteiger charge is -2.12. The lowest BCUT2D eigenvalue weighted by Crippen LogP contribution is -2.11. The number of nitrogens with zero attached hydrogens (tertiary/aromatic N) is 4. The summed E-state index contributed by atoms with van der Waals surface area (Å²) >= 11 is 0. The van der Waals surface area contributed by atoms with Crippen molar-refractivity contribution < 1.29 is 13.2 Å². The molecule has 8 heteroatoms. The van der Waals surface area contributed by atoms with Crippen LogP contribution in [0.4, 0.5) is 19.0 Å². The topological polar surface area (TPSA) is 55.6 Å². The van der Waals surface area contributed by atoms with Crippen LogP contribution in [-0.2, 0) is 12.6 Å². The molecular weight excluding hydrogens is 271 g/mol. The van der Waals surface area contributed by atoms with E-state index in [1.807, 2.05) is 13.8 Å². The lowest BCUT2D eigenvalue weighted by molar-refractivity contribution is -0.141. The molecule has 5 nitrogen and oxygen atoms in total. The number of hydrogen-bond acceptors (Lipinski definition) is 4. The van der Waals surface area contributed by atoms with Crippen LogP contribution in [0.1, 0.15) is 25.1 Å². The second-order valence-electron chi connectivity index (χ2n) is 4.05. The Kier molecular flexibility index (Phi) is 3.91. The minimum absolute atomic E-state index is 0.356. The molecule has 1 N–H and O–H groups in total. The summed E-state index contributed by atoms with van der Waals surface area (Å²) in [6.07, 6.45) is -1.32. The molecule has 0 atom stereocenters. The number of aromatic nitrogens is 4. The normalized spacial score (nSPS) is 11.7. The van der Waals surface area contributed by atoms with E-state index in [1.165, 1.54) is 12.5 Å². The van der Waals surface area contributed by atoms with Gasteiger partial charge in [-0.2, -0.15) is 18.3 Å². The Morgan fingerprint density at radius 1 is 1.25 bits per heavy atom. The van der Waals surface area contributed by atoms with Crippen molar-refractivity contribution >= 4 is 5.82 Å². The molecule has 0 bridgehead atoms. The summed E-state index contributed by atoms with van der Waals surface area (Å²) in [4.78, 5) is 8.14. The van der Waals surface area contributed by atoms with Crippen molar-refractivity contribution in [2.45, 2.75) is 26.4 Å². The highest BCUT2D eigenvalue weighted by molar-refractivity contribution is 5.51. The standard InChI is InChI=1S/C12H14F3N5/c1-3-8-10(16-4-2)17-7-18-11(8)20-6-5-9(19-20)12(13,14)15/h5-7H,3-4H2,1-2H3,(H,16,17,18). The predicted octanol–water partition coefficient (Wildman–Crippen LogP) is 2.68. The predicted molar refractivity (Wildman–Crippen MR) is 67.7 cm³/mol. The van der Waals surface area contributed by atoms with Crippen LogP contribution >= 0.6 is 0 Å². The maximum atomic E-state index is 12.6. The Bertz CT molecular complexity index is 591. The summed E-state index contributed by atoms with van der Waals surface area (Å²) < 4.78 is 38.9. The van der Waals surface area contributed by atoms with Gasteiger partial charge in [0.05, 0.1) is 0 Å². The molecule has 2 rings (SSSR count). The van der Waals surface area contributed by atoms with Crippen molar-refractivity contribution in [1.29, 1.82) is 0 Å². The molecule has 0 aromatic carbocycles. The Labute approximate surface area is 113 Å². The molecule has 0 saturated carbocycles. The molecule has 0 fully saturated rings. The molecule has 0 aliphatic rings. The van der Waals surface area contributed by atoms with Crippen LogP contribution in [0.5, 0.6) is 0 Å². The maximum Gasteiger partial charge on any atom is 0.435 e. The van der Waals surface area contributed by atoms with Crippen LogP contribution in [0.2, 0.25) is 0 Å². The van der Waals surface area contributed by atoms with Gasteiger partial charge < -0.3 is 5.32 Å². The van der Waals surface area contributed by atoms with E-state index in [9.17, 15) is 13.2 Å². The fraction of sp³-hybridized carbons (Fsp3) is 0.417. The van der Waals surface area contributed by atoms with E-state index in [1.54, 1.807) is 0 Å². The number of halogens is 3. The minimum atomic E-state index is -4.46. The molecule has 2 aromatic heterocycles. The van der Waals surface area contributed by atoms with Crippen LogP contribution in [-0.4, -0.2) is 26.3 Å². The third kappa shape index (κ3) is 2.73. The third-order valence-corrected chi connectivity index (χ3v) is 2.72. The average molecular weight is 285 g/mol. The molecule has 20 heavy (non-hydrogen) atoms. The second kappa shape index (κ2) is 5.48. The van der Waals surface area contributed by atoms with Gasteiger partial charge in [0.15, 0.2) is 11.5 Å². The zero-order valence-corrected chi connectivity index (χ0v) is 11.1. The maximum absolute atomic E-state index is 12.6. The van der Waals surface area contributed by atoms with Gasteiger partial charge in [-0.05, 0) is 19.4 Å². The van der Waals surface area contributed by atoms with E-state index in [-0.39, 0.29) is 0 Å². The van der Waals surface area contributed by atoms with Gasteiger partial charge in [0.25, 0.3) is 0 Å². The largest absolute Gasteiger partial charge is 0.435 e. The molecule has 0 radical (unpaired) electrons. The van der Waals surface area contributed by atoms with Gasteiger partial charge in [-0.1, -0.05) is 6.92 Å². The first-order chi connectivity index (χ1) is 9.47. The molecule has 0 saturated heterocycles. The Balaban J connectivity index is 2.47. The van der Waals surface area contributed by atoms with Gasteiger partial charge in [0.2, 0.25) is 0 Å². The molecule has 0 amide bonds. The van der Waals surface area contributed by atoms with E-state index >= 15 is 0 Å². The molecular formula is C12H14F3N5. The fourth-order valence-electron chi connectivity index (χ4n) is 1.84. The van der Waals surface area contributed by atoms with Crippen molar-refractivity contribution in [3.05, 3.63) is 29.8 Å². The van der Waals surface area contributed by atoms with Gasteiger partial charge in [0, 0.05) is 18.3 Å². The van der Waals surface area contributed by atoms with Crippen molar-refractivity contribution in [2.75, 3.05) is 11.9 Å². The summed E-state index contributed by atoms with van der Waals surface area (Å²) in [5, 5.41) is 6.60. The number of hydrogen-bond donors (Lipinski definition) is 1. The van der Waals surface area contributed by atoms with Crippen LogP contribution in [0.15, 0.2) is 18.6 Å². The smallest absolute Gasteiger partial charge is 0.370 e. The van der Waals surface area contributed by atoms with Gasteiger partial charge in [-0.25, -0.2) is 14.6 Å².